The number of unbranched alkanes of at least 4 members (excludes halogenated alkanes) is 1. The van der Waals surface area contributed by atoms with E-state index in [-0.39, 0.29) is 38.2 Å². The van der Waals surface area contributed by atoms with Crippen LogP contribution in [0.2, 0.25) is 0 Å². The third-order valence-electron chi connectivity index (χ3n) is 13.2. The molecule has 0 aliphatic carbocycles. The molecule has 2 aromatic rings. The first-order valence-corrected chi connectivity index (χ1v) is 21.9. The number of carbonyl (C=O) groups excluding carboxylic acids is 5. The number of likely N-dealkylation sites (N-methyl/N-ethyl adjacent to an activating group) is 1. The van der Waals surface area contributed by atoms with Crippen LogP contribution in [0.15, 0.2) is 24.4 Å². The van der Waals surface area contributed by atoms with Gasteiger partial charge < -0.3 is 49.1 Å². The molecule has 13 atom stereocenters. The first-order valence-electron chi connectivity index (χ1n) is 21.9. The molecule has 3 N–H and O–H groups in total. The topological polar surface area (TPSA) is 237 Å². The predicted molar refractivity (Wildman–Crippen MR) is 228 cm³/mol. The lowest BCUT2D eigenvalue weighted by Crippen LogP contribution is -2.62. The van der Waals surface area contributed by atoms with Crippen LogP contribution in [0.5, 0.6) is 0 Å². The highest BCUT2D eigenvalue weighted by atomic mass is 19.1. The van der Waals surface area contributed by atoms with Crippen LogP contribution in [0, 0.1) is 17.8 Å². The molecule has 5 heterocycles. The van der Waals surface area contributed by atoms with Crippen molar-refractivity contribution in [1.82, 2.24) is 29.8 Å². The lowest BCUT2D eigenvalue weighted by molar-refractivity contribution is -0.301. The summed E-state index contributed by atoms with van der Waals surface area (Å²) in [5.74, 6) is -6.42. The fraction of sp³-hybridized carbons (Fsp3) is 0.727. The maximum Gasteiger partial charge on any atom is 0.410 e. The van der Waals surface area contributed by atoms with Gasteiger partial charge in [-0.1, -0.05) is 39.0 Å². The number of aliphatic hydroxyl groups excluding tert-OH is 1. The van der Waals surface area contributed by atoms with Crippen molar-refractivity contribution in [2.45, 2.75) is 154 Å². The standard InChI is InChI=1S/C44H66FN7O12/c1-12-32-44(8)36(52(41(58)64-44)19-14-13-18-51-22-30(48-49-51)29-16-15-17-33(46)47-29)25(3)34(54)24(2)21-42(6,59-11)38(26(4)37(56)43(7,45)40(57)62-32)63-39-35(55)31(50(9)10)20-28(61-39)23-60-27(5)53/h15-17,22,24-26,28,31-32,35-36,38-39,55H,12-14,18-21,23H2,1-11H3,(H2,46,47)/t24-,25+,26+,28?,31?,32?,35?,36-,38-,39?,42+,43+,44-/m1/s1. The average molecular weight is 904 g/mol. The summed E-state index contributed by atoms with van der Waals surface area (Å²) in [4.78, 5) is 76.3. The summed E-state index contributed by atoms with van der Waals surface area (Å²) >= 11 is 0. The number of esters is 2. The van der Waals surface area contributed by atoms with Crippen LogP contribution < -0.4 is 5.73 Å². The first-order chi connectivity index (χ1) is 30.0. The SMILES string of the molecule is CCC1OC(=O)[C@@](C)(F)C(=O)[C@H](C)[C@@H](OC2OC(COC(C)=O)CC(N(C)C)C2O)[C@@](C)(OC)C[C@@H](C)C(=O)[C@H](C)[C@H]2N(CCCCn3cc(-c4cccc(N)n4)nn3)C(=O)O[C@]12C. The van der Waals surface area contributed by atoms with Crippen molar-refractivity contribution in [3.8, 4) is 11.4 Å². The fourth-order valence-electron chi connectivity index (χ4n) is 9.60. The number of alkyl halides is 1. The Labute approximate surface area is 373 Å². The number of amides is 1. The van der Waals surface area contributed by atoms with E-state index in [0.717, 1.165) is 6.92 Å². The van der Waals surface area contributed by atoms with E-state index in [2.05, 4.69) is 15.3 Å². The molecule has 5 rings (SSSR count). The average Bonchev–Trinajstić information content (AvgIpc) is 3.82. The molecule has 3 saturated heterocycles. The van der Waals surface area contributed by atoms with Crippen LogP contribution in [0.1, 0.15) is 87.5 Å². The zero-order valence-corrected chi connectivity index (χ0v) is 38.8. The number of ether oxygens (including phenoxy) is 6. The number of anilines is 1. The van der Waals surface area contributed by atoms with E-state index in [1.54, 1.807) is 82.7 Å². The molecule has 356 valence electrons. The van der Waals surface area contributed by atoms with Crippen molar-refractivity contribution >= 4 is 35.4 Å². The molecule has 2 aromatic heterocycles. The second-order valence-electron chi connectivity index (χ2n) is 18.2. The lowest BCUT2D eigenvalue weighted by Gasteiger charge is -2.47. The molecule has 3 fully saturated rings. The number of aliphatic hydroxyl groups is 1. The van der Waals surface area contributed by atoms with Gasteiger partial charge in [0.25, 0.3) is 5.67 Å². The minimum atomic E-state index is -3.26. The number of fused-ring (bicyclic) bond motifs is 1. The minimum absolute atomic E-state index is 0.0403. The van der Waals surface area contributed by atoms with Gasteiger partial charge in [0.1, 0.15) is 36.1 Å². The number of carbonyl (C=O) groups is 5. The van der Waals surface area contributed by atoms with Crippen molar-refractivity contribution in [3.05, 3.63) is 24.4 Å². The Balaban J connectivity index is 1.46. The Morgan fingerprint density at radius 2 is 1.75 bits per heavy atom. The van der Waals surface area contributed by atoms with Gasteiger partial charge in [-0.25, -0.2) is 19.0 Å². The van der Waals surface area contributed by atoms with E-state index >= 15 is 4.39 Å². The third-order valence-corrected chi connectivity index (χ3v) is 13.2. The second kappa shape index (κ2) is 20.3. The number of nitrogens with zero attached hydrogens (tertiary/aromatic N) is 6. The number of aryl methyl sites for hydroxylation is 1. The van der Waals surface area contributed by atoms with Gasteiger partial charge in [-0.15, -0.1) is 5.10 Å². The van der Waals surface area contributed by atoms with Gasteiger partial charge in [0, 0.05) is 50.9 Å². The highest BCUT2D eigenvalue weighted by Gasteiger charge is 2.61. The molecule has 1 amide bonds. The molecule has 5 unspecified atom stereocenters. The molecule has 19 nitrogen and oxygen atoms in total. The number of hydrogen-bond acceptors (Lipinski definition) is 17. The van der Waals surface area contributed by atoms with Gasteiger partial charge in [-0.2, -0.15) is 0 Å². The lowest BCUT2D eigenvalue weighted by atomic mass is 9.73. The van der Waals surface area contributed by atoms with E-state index in [4.69, 9.17) is 34.2 Å². The summed E-state index contributed by atoms with van der Waals surface area (Å²) in [7, 11) is 4.84. The predicted octanol–water partition coefficient (Wildman–Crippen LogP) is 3.54. The molecule has 0 aromatic carbocycles. The van der Waals surface area contributed by atoms with Gasteiger partial charge in [-0.3, -0.25) is 19.1 Å². The number of hydrogen-bond donors (Lipinski definition) is 2. The summed E-state index contributed by atoms with van der Waals surface area (Å²) in [6, 6.07) is 3.66. The summed E-state index contributed by atoms with van der Waals surface area (Å²) in [6.45, 7) is 12.1. The van der Waals surface area contributed by atoms with Crippen LogP contribution in [0.4, 0.5) is 15.0 Å². The maximum atomic E-state index is 17.0. The summed E-state index contributed by atoms with van der Waals surface area (Å²) in [6.07, 6.45) is -4.02. The van der Waals surface area contributed by atoms with Gasteiger partial charge in [0.2, 0.25) is 0 Å². The highest BCUT2D eigenvalue weighted by Crippen LogP contribution is 2.44. The number of halogens is 1. The Morgan fingerprint density at radius 3 is 2.38 bits per heavy atom. The van der Waals surface area contributed by atoms with Crippen LogP contribution in [0.25, 0.3) is 11.4 Å². The van der Waals surface area contributed by atoms with Gasteiger partial charge in [0.15, 0.2) is 17.7 Å². The minimum Gasteiger partial charge on any atom is -0.463 e. The summed E-state index contributed by atoms with van der Waals surface area (Å²) < 4.78 is 54.6. The molecule has 0 radical (unpaired) electrons. The smallest absolute Gasteiger partial charge is 0.410 e. The van der Waals surface area contributed by atoms with Gasteiger partial charge >= 0.3 is 18.0 Å². The molecule has 20 heteroatoms. The molecule has 3 aliphatic heterocycles. The Morgan fingerprint density at radius 1 is 1.06 bits per heavy atom. The van der Waals surface area contributed by atoms with E-state index in [0.29, 0.717) is 36.6 Å². The Bertz CT molecular complexity index is 2000. The largest absolute Gasteiger partial charge is 0.463 e. The number of nitrogens with two attached hydrogens (primary N) is 1. The highest BCUT2D eigenvalue weighted by molar-refractivity contribution is 6.08. The van der Waals surface area contributed by atoms with Crippen molar-refractivity contribution < 1.29 is 61.9 Å². The van der Waals surface area contributed by atoms with E-state index in [9.17, 15) is 29.1 Å². The molecular weight excluding hydrogens is 838 g/mol. The molecule has 0 spiro atoms. The maximum absolute atomic E-state index is 17.0. The van der Waals surface area contributed by atoms with Crippen LogP contribution in [-0.4, -0.2) is 158 Å². The van der Waals surface area contributed by atoms with Crippen molar-refractivity contribution in [3.63, 3.8) is 0 Å². The Kier molecular flexibility index (Phi) is 15.9. The van der Waals surface area contributed by atoms with E-state index in [1.165, 1.54) is 25.9 Å². The van der Waals surface area contributed by atoms with Gasteiger partial charge in [0.05, 0.1) is 35.7 Å². The zero-order valence-electron chi connectivity index (χ0n) is 38.8. The van der Waals surface area contributed by atoms with Crippen molar-refractivity contribution in [2.75, 3.05) is 40.1 Å². The van der Waals surface area contributed by atoms with Crippen molar-refractivity contribution in [1.29, 1.82) is 0 Å². The number of nitrogen functional groups attached to an aromatic ring is 1. The normalized spacial score (nSPS) is 35.4. The van der Waals surface area contributed by atoms with E-state index in [1.807, 2.05) is 0 Å². The second-order valence-corrected chi connectivity index (χ2v) is 18.2. The summed E-state index contributed by atoms with van der Waals surface area (Å²) in [5.41, 5.74) is 0.482. The summed E-state index contributed by atoms with van der Waals surface area (Å²) in [5, 5.41) is 20.0. The fourth-order valence-corrected chi connectivity index (χ4v) is 9.60. The monoisotopic (exact) mass is 903 g/mol. The number of ketones is 2. The number of rotatable bonds is 13. The van der Waals surface area contributed by atoms with Gasteiger partial charge in [-0.05, 0) is 79.1 Å². The molecule has 0 saturated carbocycles. The molecular formula is C44H66FN7O12. The number of pyridine rings is 1. The van der Waals surface area contributed by atoms with Crippen LogP contribution >= 0.6 is 0 Å². The number of methoxy groups -OCH3 is 1. The molecule has 0 bridgehead atoms. The third kappa shape index (κ3) is 10.6. The first kappa shape index (κ1) is 50.4. The molecule has 3 aliphatic rings. The van der Waals surface area contributed by atoms with E-state index < -0.39 is 101 Å². The quantitative estimate of drug-likeness (QED) is 0.127. The number of Topliss-reactive ketones (excluding diaryl/α,β-unsaturated/α-hetero) is 2. The van der Waals surface area contributed by atoms with Crippen LogP contribution in [-0.2, 0) is 54.1 Å². The number of aromatic nitrogens is 4. The number of cyclic esters (lactones) is 1. The zero-order chi connectivity index (χ0) is 47.5. The molecule has 64 heavy (non-hydrogen) atoms. The van der Waals surface area contributed by atoms with Crippen LogP contribution in [0.3, 0.4) is 0 Å². The van der Waals surface area contributed by atoms with Crippen molar-refractivity contribution in [2.24, 2.45) is 17.8 Å². The Hall–Kier alpha value is -4.63.